The van der Waals surface area contributed by atoms with Crippen LogP contribution in [0.25, 0.3) is 10.9 Å². The fourth-order valence-electron chi connectivity index (χ4n) is 2.18. The summed E-state index contributed by atoms with van der Waals surface area (Å²) in [6, 6.07) is 7.42. The number of nitrogens with one attached hydrogen (secondary N) is 2. The zero-order chi connectivity index (χ0) is 13.8. The Kier molecular flexibility index (Phi) is 4.10. The Labute approximate surface area is 113 Å². The van der Waals surface area contributed by atoms with Crippen LogP contribution in [0.5, 0.6) is 0 Å². The quantitative estimate of drug-likeness (QED) is 0.722. The van der Waals surface area contributed by atoms with Crippen LogP contribution in [0.15, 0.2) is 24.3 Å². The highest BCUT2D eigenvalue weighted by atomic mass is 16.1. The van der Waals surface area contributed by atoms with E-state index in [2.05, 4.69) is 24.1 Å². The number of fused-ring (bicyclic) bond motifs is 1. The number of hydrogen-bond donors (Lipinski definition) is 3. The summed E-state index contributed by atoms with van der Waals surface area (Å²) in [5.41, 5.74) is 7.96. The molecule has 1 amide bonds. The zero-order valence-electron chi connectivity index (χ0n) is 11.5. The van der Waals surface area contributed by atoms with Crippen molar-refractivity contribution in [1.82, 2.24) is 10.3 Å². The number of nitrogen functional groups attached to an aromatic ring is 1. The van der Waals surface area contributed by atoms with Crippen molar-refractivity contribution in [3.8, 4) is 0 Å². The molecule has 4 N–H and O–H groups in total. The number of hydrogen-bond acceptors (Lipinski definition) is 2. The summed E-state index contributed by atoms with van der Waals surface area (Å²) < 4.78 is 0. The third kappa shape index (κ3) is 3.08. The number of amides is 1. The Balaban J connectivity index is 2.09. The van der Waals surface area contributed by atoms with Gasteiger partial charge in [0.1, 0.15) is 5.69 Å². The first-order valence-electron chi connectivity index (χ1n) is 6.80. The monoisotopic (exact) mass is 259 g/mol. The second kappa shape index (κ2) is 5.78. The molecule has 19 heavy (non-hydrogen) atoms. The van der Waals surface area contributed by atoms with E-state index in [-0.39, 0.29) is 5.91 Å². The molecule has 4 heteroatoms. The van der Waals surface area contributed by atoms with E-state index in [0.717, 1.165) is 30.3 Å². The first kappa shape index (κ1) is 13.5. The number of aromatic nitrogens is 1. The second-order valence-electron chi connectivity index (χ2n) is 4.92. The summed E-state index contributed by atoms with van der Waals surface area (Å²) in [6.07, 6.45) is 2.17. The van der Waals surface area contributed by atoms with Crippen LogP contribution in [0.3, 0.4) is 0 Å². The lowest BCUT2D eigenvalue weighted by atomic mass is 10.0. The minimum atomic E-state index is -0.0540. The summed E-state index contributed by atoms with van der Waals surface area (Å²) in [5, 5.41) is 3.94. The third-order valence-electron chi connectivity index (χ3n) is 3.60. The predicted octanol–water partition coefficient (Wildman–Crippen LogP) is 2.92. The maximum Gasteiger partial charge on any atom is 0.267 e. The van der Waals surface area contributed by atoms with Crippen LogP contribution in [0.2, 0.25) is 0 Å². The molecule has 102 valence electrons. The van der Waals surface area contributed by atoms with Crippen molar-refractivity contribution in [2.75, 3.05) is 12.3 Å². The molecule has 0 atom stereocenters. The highest BCUT2D eigenvalue weighted by Gasteiger charge is 2.11. The van der Waals surface area contributed by atoms with Crippen molar-refractivity contribution < 1.29 is 4.79 Å². The smallest absolute Gasteiger partial charge is 0.267 e. The number of carbonyl (C=O) groups is 1. The summed E-state index contributed by atoms with van der Waals surface area (Å²) in [6.45, 7) is 5.02. The van der Waals surface area contributed by atoms with Crippen molar-refractivity contribution in [2.24, 2.45) is 5.92 Å². The molecular formula is C15H21N3O. The average Bonchev–Trinajstić information content (AvgIpc) is 2.82. The van der Waals surface area contributed by atoms with Crippen molar-refractivity contribution >= 4 is 22.5 Å². The maximum atomic E-state index is 12.1. The number of H-pyrrole nitrogens is 1. The lowest BCUT2D eigenvalue weighted by Gasteiger charge is -2.12. The number of aromatic amines is 1. The zero-order valence-corrected chi connectivity index (χ0v) is 11.5. The van der Waals surface area contributed by atoms with Gasteiger partial charge in [-0.3, -0.25) is 4.79 Å². The highest BCUT2D eigenvalue weighted by Crippen LogP contribution is 2.18. The van der Waals surface area contributed by atoms with Gasteiger partial charge >= 0.3 is 0 Å². The van der Waals surface area contributed by atoms with E-state index in [1.54, 1.807) is 0 Å². The van der Waals surface area contributed by atoms with E-state index in [0.29, 0.717) is 17.3 Å². The number of carbonyl (C=O) groups excluding carboxylic acids is 1. The number of anilines is 1. The molecule has 1 aromatic heterocycles. The summed E-state index contributed by atoms with van der Waals surface area (Å²) in [4.78, 5) is 15.2. The molecule has 2 aromatic rings. The summed E-state index contributed by atoms with van der Waals surface area (Å²) >= 11 is 0. The molecule has 0 radical (unpaired) electrons. The Bertz CT molecular complexity index is 570. The minimum absolute atomic E-state index is 0.0540. The molecule has 0 bridgehead atoms. The van der Waals surface area contributed by atoms with Gasteiger partial charge in [0.25, 0.3) is 5.91 Å². The van der Waals surface area contributed by atoms with E-state index < -0.39 is 0 Å². The van der Waals surface area contributed by atoms with Gasteiger partial charge in [0.2, 0.25) is 0 Å². The Morgan fingerprint density at radius 1 is 1.32 bits per heavy atom. The molecule has 0 spiro atoms. The van der Waals surface area contributed by atoms with Crippen LogP contribution in [0, 0.1) is 5.92 Å². The van der Waals surface area contributed by atoms with Gasteiger partial charge in [-0.25, -0.2) is 0 Å². The van der Waals surface area contributed by atoms with E-state index in [1.165, 1.54) is 0 Å². The Morgan fingerprint density at radius 2 is 2.05 bits per heavy atom. The van der Waals surface area contributed by atoms with Crippen molar-refractivity contribution in [2.45, 2.75) is 26.7 Å². The van der Waals surface area contributed by atoms with Crippen molar-refractivity contribution in [1.29, 1.82) is 0 Å². The first-order valence-corrected chi connectivity index (χ1v) is 6.80. The molecule has 0 saturated carbocycles. The van der Waals surface area contributed by atoms with Crippen LogP contribution in [0.4, 0.5) is 5.69 Å². The van der Waals surface area contributed by atoms with Crippen LogP contribution in [-0.4, -0.2) is 17.4 Å². The number of nitrogens with two attached hydrogens (primary N) is 1. The standard InChI is InChI=1S/C15H21N3O/c1-3-10(4-2)9-17-15(19)14-8-11-7-12(16)5-6-13(11)18-14/h5-8,10,18H,3-4,9,16H2,1-2H3,(H,17,19). The van der Waals surface area contributed by atoms with Crippen LogP contribution >= 0.6 is 0 Å². The minimum Gasteiger partial charge on any atom is -0.399 e. The lowest BCUT2D eigenvalue weighted by molar-refractivity contribution is 0.0942. The predicted molar refractivity (Wildman–Crippen MR) is 79.1 cm³/mol. The topological polar surface area (TPSA) is 70.9 Å². The van der Waals surface area contributed by atoms with Gasteiger partial charge in [0, 0.05) is 23.1 Å². The van der Waals surface area contributed by atoms with E-state index in [1.807, 2.05) is 24.3 Å². The molecule has 1 aromatic carbocycles. The number of benzene rings is 1. The Morgan fingerprint density at radius 3 is 2.74 bits per heavy atom. The molecule has 0 unspecified atom stereocenters. The van der Waals surface area contributed by atoms with Gasteiger partial charge in [-0.2, -0.15) is 0 Å². The second-order valence-corrected chi connectivity index (χ2v) is 4.92. The molecule has 4 nitrogen and oxygen atoms in total. The molecule has 0 fully saturated rings. The van der Waals surface area contributed by atoms with Gasteiger partial charge in [-0.15, -0.1) is 0 Å². The lowest BCUT2D eigenvalue weighted by Crippen LogP contribution is -2.29. The largest absolute Gasteiger partial charge is 0.399 e. The molecule has 0 aliphatic heterocycles. The normalized spacial score (nSPS) is 11.1. The van der Waals surface area contributed by atoms with E-state index in [9.17, 15) is 4.79 Å². The SMILES string of the molecule is CCC(CC)CNC(=O)c1cc2cc(N)ccc2[nH]1. The van der Waals surface area contributed by atoms with Crippen molar-refractivity contribution in [3.05, 3.63) is 30.0 Å². The fourth-order valence-corrected chi connectivity index (χ4v) is 2.18. The molecule has 1 heterocycles. The molecule has 0 aliphatic rings. The summed E-state index contributed by atoms with van der Waals surface area (Å²) in [7, 11) is 0. The van der Waals surface area contributed by atoms with Gasteiger partial charge in [0.05, 0.1) is 0 Å². The van der Waals surface area contributed by atoms with Crippen LogP contribution in [0.1, 0.15) is 37.2 Å². The molecule has 0 aliphatic carbocycles. The highest BCUT2D eigenvalue weighted by molar-refractivity contribution is 5.98. The average molecular weight is 259 g/mol. The van der Waals surface area contributed by atoms with Gasteiger partial charge in [-0.1, -0.05) is 26.7 Å². The molecular weight excluding hydrogens is 238 g/mol. The Hall–Kier alpha value is -1.97. The molecule has 0 saturated heterocycles. The maximum absolute atomic E-state index is 12.1. The van der Waals surface area contributed by atoms with Gasteiger partial charge < -0.3 is 16.0 Å². The van der Waals surface area contributed by atoms with Gasteiger partial charge in [-0.05, 0) is 30.2 Å². The first-order chi connectivity index (χ1) is 9.13. The van der Waals surface area contributed by atoms with Crippen LogP contribution < -0.4 is 11.1 Å². The van der Waals surface area contributed by atoms with Crippen LogP contribution in [-0.2, 0) is 0 Å². The number of rotatable bonds is 5. The summed E-state index contributed by atoms with van der Waals surface area (Å²) in [5.74, 6) is 0.491. The fraction of sp³-hybridized carbons (Fsp3) is 0.400. The van der Waals surface area contributed by atoms with E-state index in [4.69, 9.17) is 5.73 Å². The molecule has 2 rings (SSSR count). The van der Waals surface area contributed by atoms with Gasteiger partial charge in [0.15, 0.2) is 0 Å². The van der Waals surface area contributed by atoms with Crippen molar-refractivity contribution in [3.63, 3.8) is 0 Å². The third-order valence-corrected chi connectivity index (χ3v) is 3.60. The van der Waals surface area contributed by atoms with E-state index >= 15 is 0 Å².